The number of anilines is 1. The van der Waals surface area contributed by atoms with Crippen LogP contribution < -0.4 is 10.2 Å². The second-order valence-electron chi connectivity index (χ2n) is 6.07. The Morgan fingerprint density at radius 3 is 2.58 bits per heavy atom. The summed E-state index contributed by atoms with van der Waals surface area (Å²) in [6, 6.07) is 8.62. The summed E-state index contributed by atoms with van der Waals surface area (Å²) in [5.41, 5.74) is 1.90. The average molecular weight is 359 g/mol. The number of piperazine rings is 1. The van der Waals surface area contributed by atoms with Gasteiger partial charge in [0.25, 0.3) is 5.69 Å². The molecule has 2 aromatic rings. The molecular formula is C18H18FN3O4. The van der Waals surface area contributed by atoms with Gasteiger partial charge in [-0.3, -0.25) is 14.9 Å². The zero-order chi connectivity index (χ0) is 18.7. The molecule has 2 N–H and O–H groups in total. The number of hydrogen-bond acceptors (Lipinski definition) is 5. The van der Waals surface area contributed by atoms with E-state index in [-0.39, 0.29) is 17.7 Å². The fourth-order valence-electron chi connectivity index (χ4n) is 3.10. The maximum atomic E-state index is 14.4. The summed E-state index contributed by atoms with van der Waals surface area (Å²) < 4.78 is 14.4. The molecule has 1 saturated heterocycles. The molecule has 3 rings (SSSR count). The molecule has 1 aliphatic rings. The molecule has 26 heavy (non-hydrogen) atoms. The molecule has 136 valence electrons. The monoisotopic (exact) mass is 359 g/mol. The van der Waals surface area contributed by atoms with Gasteiger partial charge in [0.2, 0.25) is 0 Å². The van der Waals surface area contributed by atoms with E-state index in [1.165, 1.54) is 12.1 Å². The number of hydrogen-bond donors (Lipinski definition) is 2. The average Bonchev–Trinajstić information content (AvgIpc) is 2.62. The van der Waals surface area contributed by atoms with Crippen LogP contribution in [0.3, 0.4) is 0 Å². The molecule has 0 aromatic heterocycles. The van der Waals surface area contributed by atoms with Crippen molar-refractivity contribution in [3.63, 3.8) is 0 Å². The van der Waals surface area contributed by atoms with Crippen LogP contribution >= 0.6 is 0 Å². The Hall–Kier alpha value is -3.00. The fraction of sp³-hybridized carbons (Fsp3) is 0.278. The Kier molecular flexibility index (Phi) is 5.13. The van der Waals surface area contributed by atoms with Crippen molar-refractivity contribution in [2.75, 3.05) is 31.1 Å². The minimum Gasteiger partial charge on any atom is -0.481 e. The minimum atomic E-state index is -0.935. The van der Waals surface area contributed by atoms with E-state index in [9.17, 15) is 19.3 Å². The van der Waals surface area contributed by atoms with Crippen molar-refractivity contribution >= 4 is 17.3 Å². The van der Waals surface area contributed by atoms with Crippen LogP contribution in [0.4, 0.5) is 15.8 Å². The number of carboxylic acid groups (broad SMARTS) is 1. The van der Waals surface area contributed by atoms with Gasteiger partial charge in [0.05, 0.1) is 17.4 Å². The van der Waals surface area contributed by atoms with Crippen molar-refractivity contribution in [1.82, 2.24) is 5.32 Å². The molecule has 0 atom stereocenters. The van der Waals surface area contributed by atoms with Gasteiger partial charge in [-0.05, 0) is 23.3 Å². The number of carboxylic acids is 1. The second kappa shape index (κ2) is 7.49. The lowest BCUT2D eigenvalue weighted by atomic mass is 9.99. The highest BCUT2D eigenvalue weighted by atomic mass is 19.1. The van der Waals surface area contributed by atoms with E-state index in [0.717, 1.165) is 37.9 Å². The lowest BCUT2D eigenvalue weighted by Crippen LogP contribution is -2.44. The van der Waals surface area contributed by atoms with E-state index in [2.05, 4.69) is 10.2 Å². The molecule has 0 amide bonds. The first kappa shape index (κ1) is 17.8. The number of nitro benzene ring substituents is 1. The van der Waals surface area contributed by atoms with Gasteiger partial charge in [-0.15, -0.1) is 0 Å². The molecule has 1 heterocycles. The number of non-ortho nitro benzene ring substituents is 1. The number of nitrogens with zero attached hydrogens (tertiary/aromatic N) is 2. The molecule has 7 nitrogen and oxygen atoms in total. The van der Waals surface area contributed by atoms with Crippen molar-refractivity contribution < 1.29 is 19.2 Å². The third-order valence-corrected chi connectivity index (χ3v) is 4.36. The summed E-state index contributed by atoms with van der Waals surface area (Å²) in [7, 11) is 0. The van der Waals surface area contributed by atoms with Crippen molar-refractivity contribution in [3.8, 4) is 11.1 Å². The first-order chi connectivity index (χ1) is 12.5. The van der Waals surface area contributed by atoms with Gasteiger partial charge in [0.1, 0.15) is 5.82 Å². The summed E-state index contributed by atoms with van der Waals surface area (Å²) in [6.07, 6.45) is -0.123. The largest absolute Gasteiger partial charge is 0.481 e. The predicted octanol–water partition coefficient (Wildman–Crippen LogP) is 2.44. The van der Waals surface area contributed by atoms with E-state index in [0.29, 0.717) is 11.1 Å². The topological polar surface area (TPSA) is 95.7 Å². The third-order valence-electron chi connectivity index (χ3n) is 4.36. The minimum absolute atomic E-state index is 0.123. The Labute approximate surface area is 149 Å². The highest BCUT2D eigenvalue weighted by Crippen LogP contribution is 2.32. The van der Waals surface area contributed by atoms with Gasteiger partial charge in [-0.1, -0.05) is 12.1 Å². The Bertz CT molecular complexity index is 850. The number of nitrogens with one attached hydrogen (secondary N) is 1. The zero-order valence-corrected chi connectivity index (χ0v) is 13.9. The molecule has 1 fully saturated rings. The van der Waals surface area contributed by atoms with E-state index >= 15 is 0 Å². The van der Waals surface area contributed by atoms with E-state index in [1.807, 2.05) is 0 Å². The Balaban J connectivity index is 2.03. The molecule has 2 aromatic carbocycles. The number of rotatable bonds is 5. The van der Waals surface area contributed by atoms with Crippen LogP contribution in [0.1, 0.15) is 5.56 Å². The van der Waals surface area contributed by atoms with Gasteiger partial charge >= 0.3 is 5.97 Å². The van der Waals surface area contributed by atoms with E-state index < -0.39 is 16.7 Å². The van der Waals surface area contributed by atoms with Crippen molar-refractivity contribution in [2.45, 2.75) is 6.42 Å². The third kappa shape index (κ3) is 3.80. The molecule has 0 radical (unpaired) electrons. The maximum absolute atomic E-state index is 14.4. The first-order valence-corrected chi connectivity index (χ1v) is 8.20. The normalized spacial score (nSPS) is 14.3. The van der Waals surface area contributed by atoms with Gasteiger partial charge in [-0.2, -0.15) is 0 Å². The molecule has 0 aliphatic carbocycles. The molecule has 8 heteroatoms. The summed E-state index contributed by atoms with van der Waals surface area (Å²) in [5, 5.41) is 23.2. The van der Waals surface area contributed by atoms with Gasteiger partial charge in [-0.25, -0.2) is 4.39 Å². The molecule has 0 spiro atoms. The molecule has 0 saturated carbocycles. The maximum Gasteiger partial charge on any atom is 0.307 e. The zero-order valence-electron chi connectivity index (χ0n) is 13.9. The standard InChI is InChI=1S/C18H18FN3O4/c19-16-11-14(22(25)26)3-4-15(16)12-1-2-13(10-18(23)24)17(9-12)21-7-5-20-6-8-21/h1-4,9,11,20H,5-8,10H2,(H,23,24). The first-order valence-electron chi connectivity index (χ1n) is 8.20. The van der Waals surface area contributed by atoms with Crippen LogP contribution in [-0.2, 0) is 11.2 Å². The second-order valence-corrected chi connectivity index (χ2v) is 6.07. The molecule has 0 bridgehead atoms. The molecule has 1 aliphatic heterocycles. The summed E-state index contributed by atoms with van der Waals surface area (Å²) >= 11 is 0. The number of benzene rings is 2. The lowest BCUT2D eigenvalue weighted by Gasteiger charge is -2.31. The van der Waals surface area contributed by atoms with Crippen LogP contribution in [0.2, 0.25) is 0 Å². The van der Waals surface area contributed by atoms with E-state index in [1.54, 1.807) is 18.2 Å². The summed E-state index contributed by atoms with van der Waals surface area (Å²) in [5.74, 6) is -1.62. The van der Waals surface area contributed by atoms with Gasteiger partial charge in [0.15, 0.2) is 0 Å². The number of aliphatic carboxylic acids is 1. The predicted molar refractivity (Wildman–Crippen MR) is 94.9 cm³/mol. The lowest BCUT2D eigenvalue weighted by molar-refractivity contribution is -0.385. The van der Waals surface area contributed by atoms with Crippen molar-refractivity contribution in [1.29, 1.82) is 0 Å². The van der Waals surface area contributed by atoms with Crippen LogP contribution in [0.25, 0.3) is 11.1 Å². The summed E-state index contributed by atoms with van der Waals surface area (Å²) in [6.45, 7) is 3.00. The van der Waals surface area contributed by atoms with Crippen LogP contribution in [0.15, 0.2) is 36.4 Å². The number of halogens is 1. The van der Waals surface area contributed by atoms with Crippen molar-refractivity contribution in [2.24, 2.45) is 0 Å². The van der Waals surface area contributed by atoms with E-state index in [4.69, 9.17) is 5.11 Å². The van der Waals surface area contributed by atoms with Crippen LogP contribution in [0, 0.1) is 15.9 Å². The quantitative estimate of drug-likeness (QED) is 0.629. The Morgan fingerprint density at radius 2 is 1.96 bits per heavy atom. The smallest absolute Gasteiger partial charge is 0.307 e. The van der Waals surface area contributed by atoms with Crippen LogP contribution in [-0.4, -0.2) is 42.2 Å². The number of nitro groups is 1. The van der Waals surface area contributed by atoms with Crippen molar-refractivity contribution in [3.05, 3.63) is 57.9 Å². The number of carbonyl (C=O) groups is 1. The summed E-state index contributed by atoms with van der Waals surface area (Å²) in [4.78, 5) is 23.4. The highest BCUT2D eigenvalue weighted by molar-refractivity contribution is 5.77. The molecule has 0 unspecified atom stereocenters. The van der Waals surface area contributed by atoms with Crippen LogP contribution in [0.5, 0.6) is 0 Å². The highest BCUT2D eigenvalue weighted by Gasteiger charge is 2.18. The molecular weight excluding hydrogens is 341 g/mol. The SMILES string of the molecule is O=C(O)Cc1ccc(-c2ccc([N+](=O)[O-])cc2F)cc1N1CCNCC1. The Morgan fingerprint density at radius 1 is 1.23 bits per heavy atom. The fourth-order valence-corrected chi connectivity index (χ4v) is 3.10. The van der Waals surface area contributed by atoms with Gasteiger partial charge in [0, 0.05) is 43.5 Å². The van der Waals surface area contributed by atoms with Gasteiger partial charge < -0.3 is 15.3 Å².